The van der Waals surface area contributed by atoms with Gasteiger partial charge in [-0.05, 0) is 6.42 Å². The molecule has 17 heavy (non-hydrogen) atoms. The highest BCUT2D eigenvalue weighted by Crippen LogP contribution is 2.23. The minimum atomic E-state index is -0.467. The molecule has 94 valence electrons. The molecule has 6 heteroatoms. The number of carbonyl (C=O) groups is 1. The number of aromatic nitrogens is 1. The molecule has 1 aromatic heterocycles. The summed E-state index contributed by atoms with van der Waals surface area (Å²) in [6.45, 7) is 4.54. The van der Waals surface area contributed by atoms with Crippen LogP contribution in [0.1, 0.15) is 30.3 Å². The molecule has 1 atom stereocenters. The molecule has 0 bridgehead atoms. The molecule has 0 saturated carbocycles. The highest BCUT2D eigenvalue weighted by Gasteiger charge is 2.22. The molecular formula is C11H17N3O2S. The Bertz CT molecular complexity index is 392. The lowest BCUT2D eigenvalue weighted by Crippen LogP contribution is -2.42. The zero-order valence-corrected chi connectivity index (χ0v) is 10.7. The van der Waals surface area contributed by atoms with Crippen molar-refractivity contribution >= 4 is 22.4 Å². The Hall–Kier alpha value is -1.14. The van der Waals surface area contributed by atoms with E-state index in [1.807, 2.05) is 0 Å². The van der Waals surface area contributed by atoms with Crippen molar-refractivity contribution < 1.29 is 9.53 Å². The molecule has 1 amide bonds. The maximum absolute atomic E-state index is 11.0. The number of ether oxygens (including phenoxy) is 1. The monoisotopic (exact) mass is 255 g/mol. The van der Waals surface area contributed by atoms with Gasteiger partial charge in [0.25, 0.3) is 5.91 Å². The zero-order valence-electron chi connectivity index (χ0n) is 9.89. The number of thiazole rings is 1. The van der Waals surface area contributed by atoms with Crippen LogP contribution in [0.5, 0.6) is 0 Å². The molecule has 1 fully saturated rings. The fourth-order valence-corrected chi connectivity index (χ4v) is 2.76. The predicted molar refractivity (Wildman–Crippen MR) is 67.5 cm³/mol. The first-order valence-electron chi connectivity index (χ1n) is 5.82. The summed E-state index contributed by atoms with van der Waals surface area (Å²) in [5.74, 6) is -0.467. The van der Waals surface area contributed by atoms with Crippen LogP contribution in [0.3, 0.4) is 0 Å². The van der Waals surface area contributed by atoms with Crippen molar-refractivity contribution in [3.8, 4) is 0 Å². The van der Waals surface area contributed by atoms with Crippen molar-refractivity contribution in [3.05, 3.63) is 11.1 Å². The molecule has 2 N–H and O–H groups in total. The first-order valence-corrected chi connectivity index (χ1v) is 6.70. The number of nitrogens with two attached hydrogens (primary N) is 1. The van der Waals surface area contributed by atoms with E-state index in [2.05, 4.69) is 16.8 Å². The van der Waals surface area contributed by atoms with Crippen molar-refractivity contribution in [1.82, 2.24) is 4.98 Å². The molecule has 1 aliphatic heterocycles. The molecule has 1 aromatic rings. The van der Waals surface area contributed by atoms with Crippen LogP contribution < -0.4 is 10.6 Å². The van der Waals surface area contributed by atoms with Gasteiger partial charge in [-0.1, -0.05) is 13.3 Å². The second-order valence-electron chi connectivity index (χ2n) is 4.11. The van der Waals surface area contributed by atoms with Crippen LogP contribution in [0, 0.1) is 0 Å². The number of hydrogen-bond acceptors (Lipinski definition) is 5. The third-order valence-corrected chi connectivity index (χ3v) is 3.67. The summed E-state index contributed by atoms with van der Waals surface area (Å²) >= 11 is 1.46. The highest BCUT2D eigenvalue weighted by atomic mass is 32.1. The lowest BCUT2D eigenvalue weighted by Gasteiger charge is -2.32. The van der Waals surface area contributed by atoms with E-state index in [0.717, 1.165) is 37.7 Å². The van der Waals surface area contributed by atoms with Crippen molar-refractivity contribution in [2.75, 3.05) is 24.6 Å². The van der Waals surface area contributed by atoms with Gasteiger partial charge in [0.05, 0.1) is 12.7 Å². The molecule has 0 aliphatic carbocycles. The SMILES string of the molecule is CCCC1CN(c2nc(C(N)=O)cs2)CCO1. The highest BCUT2D eigenvalue weighted by molar-refractivity contribution is 7.13. The Morgan fingerprint density at radius 3 is 3.24 bits per heavy atom. The van der Waals surface area contributed by atoms with Crippen molar-refractivity contribution in [2.24, 2.45) is 5.73 Å². The van der Waals surface area contributed by atoms with E-state index < -0.39 is 5.91 Å². The Balaban J connectivity index is 2.02. The molecule has 2 heterocycles. The standard InChI is InChI=1S/C11H17N3O2S/c1-2-3-8-6-14(4-5-16-8)11-13-9(7-17-11)10(12)15/h7-8H,2-6H2,1H3,(H2,12,15). The summed E-state index contributed by atoms with van der Waals surface area (Å²) in [5.41, 5.74) is 5.54. The second kappa shape index (κ2) is 5.46. The van der Waals surface area contributed by atoms with Crippen molar-refractivity contribution in [2.45, 2.75) is 25.9 Å². The minimum absolute atomic E-state index is 0.273. The predicted octanol–water partition coefficient (Wildman–Crippen LogP) is 1.25. The van der Waals surface area contributed by atoms with Crippen LogP contribution in [0.4, 0.5) is 5.13 Å². The van der Waals surface area contributed by atoms with E-state index >= 15 is 0 Å². The summed E-state index contributed by atoms with van der Waals surface area (Å²) in [6, 6.07) is 0. The van der Waals surface area contributed by atoms with E-state index in [1.165, 1.54) is 11.3 Å². The van der Waals surface area contributed by atoms with Gasteiger partial charge in [-0.15, -0.1) is 11.3 Å². The summed E-state index contributed by atoms with van der Waals surface area (Å²) in [6.07, 6.45) is 2.45. The Kier molecular flexibility index (Phi) is 3.96. The summed E-state index contributed by atoms with van der Waals surface area (Å²) < 4.78 is 5.67. The Morgan fingerprint density at radius 1 is 1.76 bits per heavy atom. The van der Waals surface area contributed by atoms with Crippen LogP contribution in [0.2, 0.25) is 0 Å². The van der Waals surface area contributed by atoms with Crippen LogP contribution >= 0.6 is 11.3 Å². The van der Waals surface area contributed by atoms with Gasteiger partial charge in [0.15, 0.2) is 5.13 Å². The number of morpholine rings is 1. The maximum Gasteiger partial charge on any atom is 0.268 e. The fraction of sp³-hybridized carbons (Fsp3) is 0.636. The summed E-state index contributed by atoms with van der Waals surface area (Å²) in [5, 5.41) is 2.57. The van der Waals surface area contributed by atoms with Gasteiger partial charge in [-0.2, -0.15) is 0 Å². The third kappa shape index (κ3) is 2.95. The smallest absolute Gasteiger partial charge is 0.268 e. The van der Waals surface area contributed by atoms with Crippen LogP contribution in [-0.4, -0.2) is 36.7 Å². The van der Waals surface area contributed by atoms with Gasteiger partial charge < -0.3 is 15.4 Å². The lowest BCUT2D eigenvalue weighted by molar-refractivity contribution is 0.0348. The minimum Gasteiger partial charge on any atom is -0.375 e. The van der Waals surface area contributed by atoms with E-state index in [-0.39, 0.29) is 6.10 Å². The topological polar surface area (TPSA) is 68.5 Å². The largest absolute Gasteiger partial charge is 0.375 e. The Morgan fingerprint density at radius 2 is 2.59 bits per heavy atom. The van der Waals surface area contributed by atoms with Gasteiger partial charge in [0.1, 0.15) is 5.69 Å². The van der Waals surface area contributed by atoms with E-state index in [4.69, 9.17) is 10.5 Å². The molecule has 5 nitrogen and oxygen atoms in total. The average molecular weight is 255 g/mol. The maximum atomic E-state index is 11.0. The van der Waals surface area contributed by atoms with E-state index in [0.29, 0.717) is 5.69 Å². The second-order valence-corrected chi connectivity index (χ2v) is 4.94. The molecule has 2 rings (SSSR count). The van der Waals surface area contributed by atoms with Crippen LogP contribution in [-0.2, 0) is 4.74 Å². The third-order valence-electron chi connectivity index (χ3n) is 2.76. The molecule has 0 radical (unpaired) electrons. The normalized spacial score (nSPS) is 20.5. The first-order chi connectivity index (χ1) is 8.20. The molecule has 1 saturated heterocycles. The summed E-state index contributed by atoms with van der Waals surface area (Å²) in [7, 11) is 0. The number of amides is 1. The first kappa shape index (κ1) is 12.3. The number of primary amides is 1. The summed E-state index contributed by atoms with van der Waals surface area (Å²) in [4.78, 5) is 17.4. The zero-order chi connectivity index (χ0) is 12.3. The molecule has 1 aliphatic rings. The number of carbonyl (C=O) groups excluding carboxylic acids is 1. The Labute approximate surface area is 105 Å². The van der Waals surface area contributed by atoms with Crippen LogP contribution in [0.25, 0.3) is 0 Å². The van der Waals surface area contributed by atoms with Gasteiger partial charge in [0.2, 0.25) is 0 Å². The van der Waals surface area contributed by atoms with Crippen molar-refractivity contribution in [3.63, 3.8) is 0 Å². The van der Waals surface area contributed by atoms with Gasteiger partial charge in [0, 0.05) is 18.5 Å². The van der Waals surface area contributed by atoms with Crippen LogP contribution in [0.15, 0.2) is 5.38 Å². The molecule has 0 spiro atoms. The quantitative estimate of drug-likeness (QED) is 0.879. The fourth-order valence-electron chi connectivity index (χ4n) is 1.91. The van der Waals surface area contributed by atoms with Crippen molar-refractivity contribution in [1.29, 1.82) is 0 Å². The van der Waals surface area contributed by atoms with E-state index in [9.17, 15) is 4.79 Å². The molecule has 0 aromatic carbocycles. The molecule has 1 unspecified atom stereocenters. The number of anilines is 1. The average Bonchev–Trinajstić information content (AvgIpc) is 2.79. The number of nitrogens with zero attached hydrogens (tertiary/aromatic N) is 2. The van der Waals surface area contributed by atoms with Gasteiger partial charge in [-0.3, -0.25) is 4.79 Å². The van der Waals surface area contributed by atoms with Gasteiger partial charge >= 0.3 is 0 Å². The number of hydrogen-bond donors (Lipinski definition) is 1. The number of rotatable bonds is 4. The van der Waals surface area contributed by atoms with E-state index in [1.54, 1.807) is 5.38 Å². The lowest BCUT2D eigenvalue weighted by atomic mass is 10.2. The molecular weight excluding hydrogens is 238 g/mol. The van der Waals surface area contributed by atoms with Gasteiger partial charge in [-0.25, -0.2) is 4.98 Å².